The smallest absolute Gasteiger partial charge is 0.263 e. The summed E-state index contributed by atoms with van der Waals surface area (Å²) < 4.78 is 25.1. The first-order valence-corrected chi connectivity index (χ1v) is 11.1. The average molecular weight is 468 g/mol. The van der Waals surface area contributed by atoms with E-state index in [1.54, 1.807) is 26.4 Å². The van der Waals surface area contributed by atoms with Crippen LogP contribution in [-0.2, 0) is 17.8 Å². The van der Waals surface area contributed by atoms with Crippen molar-refractivity contribution in [1.29, 1.82) is 0 Å². The van der Waals surface area contributed by atoms with Gasteiger partial charge in [0.25, 0.3) is 5.56 Å². The summed E-state index contributed by atoms with van der Waals surface area (Å²) in [5.41, 5.74) is 2.07. The first-order chi connectivity index (χ1) is 16.0. The lowest BCUT2D eigenvalue weighted by Crippen LogP contribution is -2.33. The van der Waals surface area contributed by atoms with E-state index in [9.17, 15) is 14.0 Å². The second-order valence-corrected chi connectivity index (χ2v) is 8.16. The van der Waals surface area contributed by atoms with Gasteiger partial charge in [0.15, 0.2) is 11.5 Å². The molecule has 2 heterocycles. The summed E-state index contributed by atoms with van der Waals surface area (Å²) in [5.74, 6) is 0.622. The summed E-state index contributed by atoms with van der Waals surface area (Å²) in [6, 6.07) is 11.5. The number of nitrogens with zero attached hydrogens (tertiary/aromatic N) is 2. The van der Waals surface area contributed by atoms with E-state index in [1.165, 1.54) is 34.4 Å². The van der Waals surface area contributed by atoms with Gasteiger partial charge in [0.1, 0.15) is 17.2 Å². The molecule has 0 unspecified atom stereocenters. The summed E-state index contributed by atoms with van der Waals surface area (Å²) in [6.45, 7) is 0.254. The van der Waals surface area contributed by atoms with Gasteiger partial charge in [-0.3, -0.25) is 14.2 Å². The number of aromatic nitrogens is 2. The molecule has 0 spiro atoms. The van der Waals surface area contributed by atoms with Gasteiger partial charge in [0.05, 0.1) is 25.9 Å². The van der Waals surface area contributed by atoms with Crippen molar-refractivity contribution in [2.45, 2.75) is 13.0 Å². The van der Waals surface area contributed by atoms with Crippen molar-refractivity contribution < 1.29 is 18.7 Å². The fourth-order valence-corrected chi connectivity index (χ4v) is 4.42. The maximum atomic E-state index is 13.3. The van der Waals surface area contributed by atoms with Crippen molar-refractivity contribution in [3.8, 4) is 22.6 Å². The zero-order chi connectivity index (χ0) is 23.4. The molecule has 170 valence electrons. The third-order valence-electron chi connectivity index (χ3n) is 5.21. The quantitative estimate of drug-likeness (QED) is 0.428. The van der Waals surface area contributed by atoms with Crippen LogP contribution in [0.1, 0.15) is 5.56 Å². The van der Waals surface area contributed by atoms with Crippen LogP contribution in [0.4, 0.5) is 4.39 Å². The van der Waals surface area contributed by atoms with Gasteiger partial charge in [-0.1, -0.05) is 18.2 Å². The Balaban J connectivity index is 1.45. The van der Waals surface area contributed by atoms with Crippen LogP contribution in [0.2, 0.25) is 0 Å². The number of benzene rings is 2. The zero-order valence-corrected chi connectivity index (χ0v) is 18.9. The lowest BCUT2D eigenvalue weighted by molar-refractivity contribution is -0.121. The van der Waals surface area contributed by atoms with Gasteiger partial charge in [-0.25, -0.2) is 9.37 Å². The molecule has 0 fully saturated rings. The number of rotatable bonds is 8. The van der Waals surface area contributed by atoms with Crippen molar-refractivity contribution in [3.63, 3.8) is 0 Å². The molecule has 0 saturated carbocycles. The number of fused-ring (bicyclic) bond motifs is 1. The van der Waals surface area contributed by atoms with Crippen molar-refractivity contribution in [2.24, 2.45) is 0 Å². The minimum absolute atomic E-state index is 0.146. The standard InChI is InChI=1S/C24H22FN3O4S/c1-31-19-8-3-15(11-20(19)32-2)9-10-26-21(29)12-28-14-27-23-22(24(28)30)18(13-33-23)16-4-6-17(25)7-5-16/h3-8,11,13-14H,9-10,12H2,1-2H3,(H,26,29). The first kappa shape index (κ1) is 22.5. The van der Waals surface area contributed by atoms with Gasteiger partial charge in [0, 0.05) is 17.5 Å². The number of carbonyl (C=O) groups excluding carboxylic acids is 1. The Labute approximate surface area is 193 Å². The summed E-state index contributed by atoms with van der Waals surface area (Å²) in [6.07, 6.45) is 1.97. The number of amides is 1. The monoisotopic (exact) mass is 467 g/mol. The van der Waals surface area contributed by atoms with Gasteiger partial charge in [0.2, 0.25) is 5.91 Å². The van der Waals surface area contributed by atoms with Gasteiger partial charge >= 0.3 is 0 Å². The van der Waals surface area contributed by atoms with E-state index in [2.05, 4.69) is 10.3 Å². The van der Waals surface area contributed by atoms with Crippen LogP contribution in [0.5, 0.6) is 11.5 Å². The number of hydrogen-bond acceptors (Lipinski definition) is 6. The van der Waals surface area contributed by atoms with Crippen molar-refractivity contribution >= 4 is 27.5 Å². The van der Waals surface area contributed by atoms with E-state index in [4.69, 9.17) is 9.47 Å². The average Bonchev–Trinajstić information content (AvgIpc) is 3.26. The Morgan fingerprint density at radius 3 is 2.61 bits per heavy atom. The lowest BCUT2D eigenvalue weighted by Gasteiger charge is -2.10. The van der Waals surface area contributed by atoms with Crippen LogP contribution in [0.15, 0.2) is 59.0 Å². The number of hydrogen-bond donors (Lipinski definition) is 1. The van der Waals surface area contributed by atoms with E-state index in [0.717, 1.165) is 11.1 Å². The minimum atomic E-state index is -0.349. The van der Waals surface area contributed by atoms with Crippen LogP contribution in [0.3, 0.4) is 0 Å². The predicted molar refractivity (Wildman–Crippen MR) is 126 cm³/mol. The highest BCUT2D eigenvalue weighted by molar-refractivity contribution is 7.17. The Morgan fingerprint density at radius 2 is 1.88 bits per heavy atom. The molecule has 33 heavy (non-hydrogen) atoms. The molecule has 2 aromatic heterocycles. The Bertz CT molecular complexity index is 1350. The van der Waals surface area contributed by atoms with Gasteiger partial charge in [-0.15, -0.1) is 11.3 Å². The fourth-order valence-electron chi connectivity index (χ4n) is 3.52. The van der Waals surface area contributed by atoms with Crippen LogP contribution >= 0.6 is 11.3 Å². The molecule has 1 N–H and O–H groups in total. The molecular weight excluding hydrogens is 445 g/mol. The molecule has 1 amide bonds. The second kappa shape index (κ2) is 9.83. The molecular formula is C24H22FN3O4S. The normalized spacial score (nSPS) is 10.9. The van der Waals surface area contributed by atoms with E-state index >= 15 is 0 Å². The second-order valence-electron chi connectivity index (χ2n) is 7.30. The van der Waals surface area contributed by atoms with Crippen molar-refractivity contribution in [1.82, 2.24) is 14.9 Å². The summed E-state index contributed by atoms with van der Waals surface area (Å²) in [4.78, 5) is 30.4. The highest BCUT2D eigenvalue weighted by Crippen LogP contribution is 2.30. The Morgan fingerprint density at radius 1 is 1.12 bits per heavy atom. The molecule has 0 atom stereocenters. The number of ether oxygens (including phenoxy) is 2. The summed E-state index contributed by atoms with van der Waals surface area (Å²) >= 11 is 1.33. The molecule has 7 nitrogen and oxygen atoms in total. The number of thiophene rings is 1. The largest absolute Gasteiger partial charge is 0.493 e. The van der Waals surface area contributed by atoms with E-state index in [1.807, 2.05) is 23.6 Å². The number of carbonyl (C=O) groups is 1. The maximum absolute atomic E-state index is 13.3. The third-order valence-corrected chi connectivity index (χ3v) is 6.10. The topological polar surface area (TPSA) is 82.5 Å². The fraction of sp³-hybridized carbons (Fsp3) is 0.208. The van der Waals surface area contributed by atoms with Gasteiger partial charge in [-0.2, -0.15) is 0 Å². The SMILES string of the molecule is COc1ccc(CCNC(=O)Cn2cnc3scc(-c4ccc(F)cc4)c3c2=O)cc1OC. The molecule has 0 aliphatic carbocycles. The van der Waals surface area contributed by atoms with E-state index < -0.39 is 0 Å². The van der Waals surface area contributed by atoms with Gasteiger partial charge in [-0.05, 0) is 41.8 Å². The first-order valence-electron chi connectivity index (χ1n) is 10.2. The molecule has 0 aliphatic rings. The summed E-state index contributed by atoms with van der Waals surface area (Å²) in [5, 5.41) is 5.07. The highest BCUT2D eigenvalue weighted by Gasteiger charge is 2.15. The van der Waals surface area contributed by atoms with E-state index in [0.29, 0.717) is 40.2 Å². The van der Waals surface area contributed by atoms with Crippen molar-refractivity contribution in [2.75, 3.05) is 20.8 Å². The number of nitrogens with one attached hydrogen (secondary N) is 1. The van der Waals surface area contributed by atoms with Gasteiger partial charge < -0.3 is 14.8 Å². The molecule has 4 aromatic rings. The molecule has 0 bridgehead atoms. The lowest BCUT2D eigenvalue weighted by atomic mass is 10.1. The Kier molecular flexibility index (Phi) is 6.69. The third kappa shape index (κ3) is 4.88. The van der Waals surface area contributed by atoms with E-state index in [-0.39, 0.29) is 23.8 Å². The minimum Gasteiger partial charge on any atom is -0.493 e. The zero-order valence-electron chi connectivity index (χ0n) is 18.1. The molecule has 2 aromatic carbocycles. The molecule has 9 heteroatoms. The van der Waals surface area contributed by atoms with Crippen LogP contribution in [0, 0.1) is 5.82 Å². The molecule has 0 saturated heterocycles. The molecule has 4 rings (SSSR count). The molecule has 0 radical (unpaired) electrons. The number of methoxy groups -OCH3 is 2. The van der Waals surface area contributed by atoms with Crippen LogP contribution in [0.25, 0.3) is 21.3 Å². The highest BCUT2D eigenvalue weighted by atomic mass is 32.1. The Hall–Kier alpha value is -3.72. The number of halogens is 1. The molecule has 0 aliphatic heterocycles. The predicted octanol–water partition coefficient (Wildman–Crippen LogP) is 3.64. The van der Waals surface area contributed by atoms with Crippen LogP contribution < -0.4 is 20.3 Å². The van der Waals surface area contributed by atoms with Crippen molar-refractivity contribution in [3.05, 3.63) is 75.9 Å². The maximum Gasteiger partial charge on any atom is 0.263 e. The summed E-state index contributed by atoms with van der Waals surface area (Å²) in [7, 11) is 3.14. The van der Waals surface area contributed by atoms with Crippen LogP contribution in [-0.4, -0.2) is 36.2 Å².